The predicted octanol–water partition coefficient (Wildman–Crippen LogP) is 2.68. The van der Waals surface area contributed by atoms with Crippen LogP contribution in [0.2, 0.25) is 0 Å². The number of carboxylic acid groups (broad SMARTS) is 1. The number of nitrogens with one attached hydrogen (secondary N) is 1. The molecule has 0 spiro atoms. The maximum absolute atomic E-state index is 13.4. The average molecular weight is 364 g/mol. The van der Waals surface area contributed by atoms with Crippen molar-refractivity contribution in [3.8, 4) is 0 Å². The van der Waals surface area contributed by atoms with Gasteiger partial charge in [-0.05, 0) is 28.1 Å². The standard InChI is InChI=1S/C11H7BrFNO5S/c12-10-9(5-8(19-10)11(15)16)20(17,18)14-7-4-2-1-3-6(7)13/h1-5,14H,(H,15,16). The number of carbonyl (C=O) groups is 1. The number of para-hydroxylation sites is 1. The first-order valence-electron chi connectivity index (χ1n) is 5.11. The molecule has 0 aliphatic rings. The molecule has 0 amide bonds. The topological polar surface area (TPSA) is 96.6 Å². The zero-order valence-electron chi connectivity index (χ0n) is 9.63. The Morgan fingerprint density at radius 1 is 1.35 bits per heavy atom. The van der Waals surface area contributed by atoms with Crippen LogP contribution in [0.15, 0.2) is 44.3 Å². The second kappa shape index (κ2) is 5.25. The van der Waals surface area contributed by atoms with Gasteiger partial charge in [-0.25, -0.2) is 17.6 Å². The van der Waals surface area contributed by atoms with Crippen molar-refractivity contribution < 1.29 is 27.1 Å². The Hall–Kier alpha value is -1.87. The van der Waals surface area contributed by atoms with Crippen LogP contribution in [-0.4, -0.2) is 19.5 Å². The summed E-state index contributed by atoms with van der Waals surface area (Å²) in [4.78, 5) is 10.3. The number of carboxylic acids is 1. The van der Waals surface area contributed by atoms with E-state index in [1.165, 1.54) is 18.2 Å². The average Bonchev–Trinajstić information content (AvgIpc) is 2.75. The Bertz CT molecular complexity index is 771. The van der Waals surface area contributed by atoms with E-state index >= 15 is 0 Å². The molecule has 0 radical (unpaired) electrons. The highest BCUT2D eigenvalue weighted by atomic mass is 79.9. The van der Waals surface area contributed by atoms with Gasteiger partial charge in [-0.15, -0.1) is 0 Å². The molecule has 0 fully saturated rings. The Labute approximate surface area is 121 Å². The van der Waals surface area contributed by atoms with Gasteiger partial charge in [-0.1, -0.05) is 12.1 Å². The molecule has 0 aliphatic carbocycles. The maximum Gasteiger partial charge on any atom is 0.371 e. The van der Waals surface area contributed by atoms with E-state index in [2.05, 4.69) is 15.9 Å². The number of benzene rings is 1. The molecule has 0 saturated heterocycles. The zero-order chi connectivity index (χ0) is 14.9. The van der Waals surface area contributed by atoms with Gasteiger partial charge in [0.25, 0.3) is 10.0 Å². The van der Waals surface area contributed by atoms with Gasteiger partial charge in [0.15, 0.2) is 4.67 Å². The van der Waals surface area contributed by atoms with E-state index in [1.54, 1.807) is 0 Å². The molecule has 6 nitrogen and oxygen atoms in total. The van der Waals surface area contributed by atoms with Crippen LogP contribution in [0.4, 0.5) is 10.1 Å². The summed E-state index contributed by atoms with van der Waals surface area (Å²) in [5, 5.41) is 8.73. The third-order valence-electron chi connectivity index (χ3n) is 2.27. The van der Waals surface area contributed by atoms with Crippen molar-refractivity contribution >= 4 is 37.6 Å². The molecule has 0 unspecified atom stereocenters. The first-order valence-corrected chi connectivity index (χ1v) is 7.39. The van der Waals surface area contributed by atoms with Crippen LogP contribution >= 0.6 is 15.9 Å². The lowest BCUT2D eigenvalue weighted by Crippen LogP contribution is -2.13. The Kier molecular flexibility index (Phi) is 3.82. The number of hydrogen-bond acceptors (Lipinski definition) is 4. The van der Waals surface area contributed by atoms with Crippen LogP contribution in [0, 0.1) is 5.82 Å². The van der Waals surface area contributed by atoms with Crippen LogP contribution in [-0.2, 0) is 10.0 Å². The molecular weight excluding hydrogens is 357 g/mol. The quantitative estimate of drug-likeness (QED) is 0.870. The summed E-state index contributed by atoms with van der Waals surface area (Å²) in [6, 6.07) is 6.01. The monoisotopic (exact) mass is 363 g/mol. The first-order chi connectivity index (χ1) is 9.31. The highest BCUT2D eigenvalue weighted by Crippen LogP contribution is 2.28. The zero-order valence-corrected chi connectivity index (χ0v) is 12.0. The fourth-order valence-corrected chi connectivity index (χ4v) is 3.39. The Balaban J connectivity index is 2.41. The molecule has 2 N–H and O–H groups in total. The largest absolute Gasteiger partial charge is 0.475 e. The second-order valence-electron chi connectivity index (χ2n) is 3.64. The van der Waals surface area contributed by atoms with Gasteiger partial charge >= 0.3 is 5.97 Å². The third kappa shape index (κ3) is 2.83. The van der Waals surface area contributed by atoms with Crippen molar-refractivity contribution in [1.29, 1.82) is 0 Å². The van der Waals surface area contributed by atoms with Crippen LogP contribution in [0.3, 0.4) is 0 Å². The summed E-state index contributed by atoms with van der Waals surface area (Å²) < 4.78 is 44.0. The number of halogens is 2. The molecule has 2 aromatic rings. The molecule has 20 heavy (non-hydrogen) atoms. The molecule has 9 heteroatoms. The molecule has 1 aromatic carbocycles. The van der Waals surface area contributed by atoms with Crippen molar-refractivity contribution in [3.05, 3.63) is 46.6 Å². The van der Waals surface area contributed by atoms with Gasteiger partial charge in [0.1, 0.15) is 10.7 Å². The van der Waals surface area contributed by atoms with Gasteiger partial charge in [-0.2, -0.15) is 0 Å². The molecule has 106 valence electrons. The van der Waals surface area contributed by atoms with Crippen molar-refractivity contribution in [3.63, 3.8) is 0 Å². The lowest BCUT2D eigenvalue weighted by atomic mass is 10.3. The molecule has 1 aromatic heterocycles. The number of sulfonamides is 1. The summed E-state index contributed by atoms with van der Waals surface area (Å²) >= 11 is 2.81. The van der Waals surface area contributed by atoms with Gasteiger partial charge in [0.2, 0.25) is 5.76 Å². The first kappa shape index (κ1) is 14.5. The fourth-order valence-electron chi connectivity index (χ4n) is 1.38. The number of furan rings is 1. The van der Waals surface area contributed by atoms with Crippen molar-refractivity contribution in [1.82, 2.24) is 0 Å². The minimum absolute atomic E-state index is 0.252. The number of hydrogen-bond donors (Lipinski definition) is 2. The summed E-state index contributed by atoms with van der Waals surface area (Å²) in [6.45, 7) is 0. The summed E-state index contributed by atoms with van der Waals surface area (Å²) in [5.74, 6) is -2.72. The minimum atomic E-state index is -4.17. The Morgan fingerprint density at radius 3 is 2.55 bits per heavy atom. The van der Waals surface area contributed by atoms with Crippen LogP contribution in [0.1, 0.15) is 10.6 Å². The van der Waals surface area contributed by atoms with E-state index in [0.717, 1.165) is 12.1 Å². The third-order valence-corrected chi connectivity index (χ3v) is 4.50. The number of anilines is 1. The van der Waals surface area contributed by atoms with Crippen LogP contribution in [0.25, 0.3) is 0 Å². The smallest absolute Gasteiger partial charge is 0.371 e. The van der Waals surface area contributed by atoms with E-state index in [4.69, 9.17) is 9.52 Å². The molecule has 0 aliphatic heterocycles. The lowest BCUT2D eigenvalue weighted by Gasteiger charge is -2.07. The van der Waals surface area contributed by atoms with Crippen molar-refractivity contribution in [2.24, 2.45) is 0 Å². The lowest BCUT2D eigenvalue weighted by molar-refractivity contribution is 0.0661. The summed E-state index contributed by atoms with van der Waals surface area (Å²) in [5.41, 5.74) is -0.252. The number of aromatic carboxylic acids is 1. The molecular formula is C11H7BrFNO5S. The van der Waals surface area contributed by atoms with Gasteiger partial charge < -0.3 is 9.52 Å². The molecule has 1 heterocycles. The van der Waals surface area contributed by atoms with Crippen LogP contribution in [0.5, 0.6) is 0 Å². The van der Waals surface area contributed by atoms with E-state index < -0.39 is 32.5 Å². The van der Waals surface area contributed by atoms with Gasteiger partial charge in [0, 0.05) is 6.07 Å². The van der Waals surface area contributed by atoms with Crippen molar-refractivity contribution in [2.45, 2.75) is 4.90 Å². The second-order valence-corrected chi connectivity index (χ2v) is 6.01. The summed E-state index contributed by atoms with van der Waals surface area (Å²) in [7, 11) is -4.17. The predicted molar refractivity (Wildman–Crippen MR) is 70.6 cm³/mol. The molecule has 0 bridgehead atoms. The highest BCUT2D eigenvalue weighted by Gasteiger charge is 2.25. The fraction of sp³-hybridized carbons (Fsp3) is 0. The van der Waals surface area contributed by atoms with E-state index in [1.807, 2.05) is 4.72 Å². The van der Waals surface area contributed by atoms with E-state index in [0.29, 0.717) is 0 Å². The highest BCUT2D eigenvalue weighted by molar-refractivity contribution is 9.10. The van der Waals surface area contributed by atoms with Crippen LogP contribution < -0.4 is 4.72 Å². The molecule has 0 atom stereocenters. The normalized spacial score (nSPS) is 11.3. The number of rotatable bonds is 4. The van der Waals surface area contributed by atoms with E-state index in [9.17, 15) is 17.6 Å². The van der Waals surface area contributed by atoms with E-state index in [-0.39, 0.29) is 10.4 Å². The van der Waals surface area contributed by atoms with Gasteiger partial charge in [-0.3, -0.25) is 4.72 Å². The molecule has 2 rings (SSSR count). The Morgan fingerprint density at radius 2 is 2.00 bits per heavy atom. The summed E-state index contributed by atoms with van der Waals surface area (Å²) in [6.07, 6.45) is 0. The SMILES string of the molecule is O=C(O)c1cc(S(=O)(=O)Nc2ccccc2F)c(Br)o1. The van der Waals surface area contributed by atoms with Crippen molar-refractivity contribution in [2.75, 3.05) is 4.72 Å². The minimum Gasteiger partial charge on any atom is -0.475 e. The molecule has 0 saturated carbocycles. The maximum atomic E-state index is 13.4. The van der Waals surface area contributed by atoms with Gasteiger partial charge in [0.05, 0.1) is 5.69 Å².